The van der Waals surface area contributed by atoms with Gasteiger partial charge in [-0.15, -0.1) is 0 Å². The van der Waals surface area contributed by atoms with Gasteiger partial charge in [0, 0.05) is 26.0 Å². The lowest BCUT2D eigenvalue weighted by Gasteiger charge is -2.16. The van der Waals surface area contributed by atoms with Crippen molar-refractivity contribution in [3.8, 4) is 0 Å². The number of hydrogen-bond donors (Lipinski definition) is 0. The first-order valence-corrected chi connectivity index (χ1v) is 5.05. The van der Waals surface area contributed by atoms with Gasteiger partial charge in [0.25, 0.3) is 0 Å². The first kappa shape index (κ1) is 10.4. The molecule has 4 nitrogen and oxygen atoms in total. The van der Waals surface area contributed by atoms with Crippen molar-refractivity contribution in [3.63, 3.8) is 0 Å². The van der Waals surface area contributed by atoms with Gasteiger partial charge in [-0.05, 0) is 5.56 Å². The molecule has 0 atom stereocenters. The molecule has 1 heterocycles. The largest absolute Gasteiger partial charge is 0.329 e. The number of amides is 1. The van der Waals surface area contributed by atoms with Gasteiger partial charge in [0.2, 0.25) is 0 Å². The summed E-state index contributed by atoms with van der Waals surface area (Å²) in [6.07, 6.45) is 4.74. The van der Waals surface area contributed by atoms with Crippen molar-refractivity contribution < 1.29 is 4.79 Å². The lowest BCUT2D eigenvalue weighted by molar-refractivity contribution is 0.208. The second kappa shape index (κ2) is 4.61. The fraction of sp³-hybridized carbons (Fsp3) is 0.167. The molecule has 0 aliphatic carbocycles. The van der Waals surface area contributed by atoms with E-state index in [4.69, 9.17) is 0 Å². The highest BCUT2D eigenvalue weighted by molar-refractivity contribution is 5.76. The second-order valence-electron chi connectivity index (χ2n) is 3.59. The number of benzene rings is 1. The lowest BCUT2D eigenvalue weighted by Crippen LogP contribution is -2.29. The molecule has 0 radical (unpaired) electrons. The molecule has 0 spiro atoms. The zero-order valence-corrected chi connectivity index (χ0v) is 9.08. The maximum Gasteiger partial charge on any atom is 0.329 e. The molecule has 2 rings (SSSR count). The molecule has 2 aromatic rings. The minimum Gasteiger partial charge on any atom is -0.323 e. The van der Waals surface area contributed by atoms with Gasteiger partial charge in [-0.25, -0.2) is 9.78 Å². The molecule has 0 unspecified atom stereocenters. The van der Waals surface area contributed by atoms with Crippen LogP contribution in [0.4, 0.5) is 4.79 Å². The summed E-state index contributed by atoms with van der Waals surface area (Å²) >= 11 is 0. The van der Waals surface area contributed by atoms with Gasteiger partial charge in [0.15, 0.2) is 0 Å². The first-order valence-electron chi connectivity index (χ1n) is 5.05. The van der Waals surface area contributed by atoms with E-state index in [-0.39, 0.29) is 6.03 Å². The minimum atomic E-state index is -0.0821. The Bertz CT molecular complexity index is 450. The Kier molecular flexibility index (Phi) is 3.00. The molecule has 16 heavy (non-hydrogen) atoms. The van der Waals surface area contributed by atoms with Crippen LogP contribution in [0.2, 0.25) is 0 Å². The molecular weight excluding hydrogens is 202 g/mol. The summed E-state index contributed by atoms with van der Waals surface area (Å²) in [6, 6.07) is 9.80. The van der Waals surface area contributed by atoms with Gasteiger partial charge in [0.1, 0.15) is 6.33 Å². The number of nitrogens with zero attached hydrogens (tertiary/aromatic N) is 3. The van der Waals surface area contributed by atoms with Crippen LogP contribution in [0, 0.1) is 0 Å². The molecule has 0 bridgehead atoms. The Hall–Kier alpha value is -2.10. The summed E-state index contributed by atoms with van der Waals surface area (Å²) < 4.78 is 1.46. The van der Waals surface area contributed by atoms with E-state index < -0.39 is 0 Å². The number of imidazole rings is 1. The molecule has 1 amide bonds. The maximum absolute atomic E-state index is 11.9. The summed E-state index contributed by atoms with van der Waals surface area (Å²) in [5.74, 6) is 0. The summed E-state index contributed by atoms with van der Waals surface area (Å²) in [5, 5.41) is 0. The fourth-order valence-corrected chi connectivity index (χ4v) is 1.49. The van der Waals surface area contributed by atoms with E-state index >= 15 is 0 Å². The zero-order valence-electron chi connectivity index (χ0n) is 9.08. The van der Waals surface area contributed by atoms with E-state index in [1.54, 1.807) is 24.3 Å². The summed E-state index contributed by atoms with van der Waals surface area (Å²) in [6.45, 7) is 0.595. The number of carbonyl (C=O) groups is 1. The molecule has 0 aliphatic heterocycles. The second-order valence-corrected chi connectivity index (χ2v) is 3.59. The first-order chi connectivity index (χ1) is 7.77. The van der Waals surface area contributed by atoms with Crippen molar-refractivity contribution >= 4 is 6.03 Å². The quantitative estimate of drug-likeness (QED) is 0.768. The summed E-state index contributed by atoms with van der Waals surface area (Å²) in [7, 11) is 1.77. The van der Waals surface area contributed by atoms with Gasteiger partial charge in [-0.3, -0.25) is 4.57 Å². The van der Waals surface area contributed by atoms with Crippen LogP contribution in [0.15, 0.2) is 49.1 Å². The molecule has 1 aromatic carbocycles. The minimum absolute atomic E-state index is 0.0821. The maximum atomic E-state index is 11.9. The van der Waals surface area contributed by atoms with Crippen LogP contribution in [0.25, 0.3) is 0 Å². The van der Waals surface area contributed by atoms with Crippen molar-refractivity contribution in [1.29, 1.82) is 0 Å². The van der Waals surface area contributed by atoms with Crippen molar-refractivity contribution in [2.24, 2.45) is 0 Å². The normalized spacial score (nSPS) is 10.1. The molecule has 0 aliphatic rings. The Morgan fingerprint density at radius 2 is 2.12 bits per heavy atom. The van der Waals surface area contributed by atoms with E-state index in [0.717, 1.165) is 5.56 Å². The van der Waals surface area contributed by atoms with Crippen LogP contribution >= 0.6 is 0 Å². The van der Waals surface area contributed by atoms with E-state index in [0.29, 0.717) is 6.54 Å². The number of carbonyl (C=O) groups excluding carboxylic acids is 1. The van der Waals surface area contributed by atoms with Crippen LogP contribution in [0.1, 0.15) is 5.56 Å². The van der Waals surface area contributed by atoms with E-state index in [2.05, 4.69) is 4.98 Å². The van der Waals surface area contributed by atoms with E-state index in [9.17, 15) is 4.79 Å². The third-order valence-electron chi connectivity index (χ3n) is 2.31. The standard InChI is InChI=1S/C12H13N3O/c1-14(9-11-5-3-2-4-6-11)12(16)15-8-7-13-10-15/h2-8,10H,9H2,1H3. The predicted octanol–water partition coefficient (Wildman–Crippen LogP) is 1.98. The highest BCUT2D eigenvalue weighted by atomic mass is 16.2. The van der Waals surface area contributed by atoms with Crippen LogP contribution in [0.5, 0.6) is 0 Å². The molecule has 4 heteroatoms. The topological polar surface area (TPSA) is 38.1 Å². The molecular formula is C12H13N3O. The molecule has 0 saturated carbocycles. The third-order valence-corrected chi connectivity index (χ3v) is 2.31. The molecule has 82 valence electrons. The van der Waals surface area contributed by atoms with Crippen molar-refractivity contribution in [1.82, 2.24) is 14.5 Å². The lowest BCUT2D eigenvalue weighted by atomic mass is 10.2. The van der Waals surface area contributed by atoms with Crippen molar-refractivity contribution in [2.75, 3.05) is 7.05 Å². The number of hydrogen-bond acceptors (Lipinski definition) is 2. The van der Waals surface area contributed by atoms with Crippen LogP contribution < -0.4 is 0 Å². The smallest absolute Gasteiger partial charge is 0.323 e. The van der Waals surface area contributed by atoms with Crippen LogP contribution in [0.3, 0.4) is 0 Å². The number of aromatic nitrogens is 2. The van der Waals surface area contributed by atoms with Crippen molar-refractivity contribution in [2.45, 2.75) is 6.54 Å². The SMILES string of the molecule is CN(Cc1ccccc1)C(=O)n1ccnc1. The van der Waals surface area contributed by atoms with Gasteiger partial charge >= 0.3 is 6.03 Å². The molecule has 0 saturated heterocycles. The Labute approximate surface area is 94.1 Å². The molecule has 0 N–H and O–H groups in total. The Morgan fingerprint density at radius 3 is 2.75 bits per heavy atom. The molecule has 1 aromatic heterocycles. The molecule has 0 fully saturated rings. The van der Waals surface area contributed by atoms with Gasteiger partial charge in [0.05, 0.1) is 0 Å². The highest BCUT2D eigenvalue weighted by Crippen LogP contribution is 2.04. The average molecular weight is 215 g/mol. The zero-order chi connectivity index (χ0) is 11.4. The highest BCUT2D eigenvalue weighted by Gasteiger charge is 2.10. The average Bonchev–Trinajstić information content (AvgIpc) is 2.83. The monoisotopic (exact) mass is 215 g/mol. The Balaban J connectivity index is 2.04. The summed E-state index contributed by atoms with van der Waals surface area (Å²) in [5.41, 5.74) is 1.11. The number of rotatable bonds is 2. The van der Waals surface area contributed by atoms with E-state index in [1.807, 2.05) is 30.3 Å². The predicted molar refractivity (Wildman–Crippen MR) is 60.9 cm³/mol. The van der Waals surface area contributed by atoms with Crippen LogP contribution in [-0.2, 0) is 6.54 Å². The van der Waals surface area contributed by atoms with Crippen LogP contribution in [-0.4, -0.2) is 27.5 Å². The van der Waals surface area contributed by atoms with Crippen molar-refractivity contribution in [3.05, 3.63) is 54.6 Å². The van der Waals surface area contributed by atoms with Gasteiger partial charge in [-0.1, -0.05) is 30.3 Å². The van der Waals surface area contributed by atoms with Gasteiger partial charge in [-0.2, -0.15) is 0 Å². The Morgan fingerprint density at radius 1 is 1.38 bits per heavy atom. The van der Waals surface area contributed by atoms with Gasteiger partial charge < -0.3 is 4.90 Å². The fourth-order valence-electron chi connectivity index (χ4n) is 1.49. The van der Waals surface area contributed by atoms with E-state index in [1.165, 1.54) is 10.9 Å². The summed E-state index contributed by atoms with van der Waals surface area (Å²) in [4.78, 5) is 17.4. The third kappa shape index (κ3) is 2.28.